The molecule has 9 aromatic rings. The molecule has 264 valence electrons. The van der Waals surface area contributed by atoms with Crippen molar-refractivity contribution in [2.75, 3.05) is 4.90 Å². The molecule has 1 nitrogen and oxygen atoms in total. The number of anilines is 3. The highest BCUT2D eigenvalue weighted by atomic mass is 15.1. The van der Waals surface area contributed by atoms with Crippen LogP contribution in [-0.2, 0) is 11.8 Å². The summed E-state index contributed by atoms with van der Waals surface area (Å²) in [7, 11) is 0. The third-order valence-electron chi connectivity index (χ3n) is 11.6. The lowest BCUT2D eigenvalue weighted by atomic mass is 9.86. The zero-order valence-corrected chi connectivity index (χ0v) is 31.7. The Labute approximate surface area is 323 Å². The van der Waals surface area contributed by atoms with E-state index in [0.717, 1.165) is 29.9 Å². The van der Waals surface area contributed by atoms with Gasteiger partial charge in [0.1, 0.15) is 0 Å². The molecule has 0 aliphatic heterocycles. The van der Waals surface area contributed by atoms with Gasteiger partial charge in [-0.15, -0.1) is 0 Å². The summed E-state index contributed by atoms with van der Waals surface area (Å²) in [5, 5.41) is 10.2. The lowest BCUT2D eigenvalue weighted by Crippen LogP contribution is -2.13. The summed E-state index contributed by atoms with van der Waals surface area (Å²) in [6, 6.07) is 63.4. The summed E-state index contributed by atoms with van der Waals surface area (Å²) >= 11 is 0. The molecule has 10 rings (SSSR count). The second-order valence-electron chi connectivity index (χ2n) is 16.1. The van der Waals surface area contributed by atoms with Crippen molar-refractivity contribution in [1.29, 1.82) is 0 Å². The first-order valence-corrected chi connectivity index (χ1v) is 19.6. The lowest BCUT2D eigenvalue weighted by Gasteiger charge is -2.27. The SMILES string of the molecule is CC(C)(C)c1ccc(N(c2ccccc2)c2ccc3cc(-c4cc5cc(-c6ccc7c(c6)C=CCC7)c6ccccc6c5c5ccccc45)ccc3c2)cc1. The zero-order valence-electron chi connectivity index (χ0n) is 31.7. The van der Waals surface area contributed by atoms with E-state index in [4.69, 9.17) is 0 Å². The van der Waals surface area contributed by atoms with E-state index in [-0.39, 0.29) is 5.41 Å². The van der Waals surface area contributed by atoms with Gasteiger partial charge in [0.2, 0.25) is 0 Å². The van der Waals surface area contributed by atoms with Gasteiger partial charge in [0.15, 0.2) is 0 Å². The highest BCUT2D eigenvalue weighted by Crippen LogP contribution is 2.44. The van der Waals surface area contributed by atoms with Crippen LogP contribution in [0, 0.1) is 0 Å². The average molecular weight is 706 g/mol. The number of rotatable bonds is 5. The van der Waals surface area contributed by atoms with Crippen LogP contribution in [0.5, 0.6) is 0 Å². The molecule has 55 heavy (non-hydrogen) atoms. The number of benzene rings is 9. The van der Waals surface area contributed by atoms with Crippen molar-refractivity contribution in [2.45, 2.75) is 39.0 Å². The van der Waals surface area contributed by atoms with E-state index in [1.54, 1.807) is 0 Å². The van der Waals surface area contributed by atoms with Crippen LogP contribution < -0.4 is 4.90 Å². The van der Waals surface area contributed by atoms with E-state index >= 15 is 0 Å². The van der Waals surface area contributed by atoms with Crippen molar-refractivity contribution in [3.05, 3.63) is 193 Å². The second kappa shape index (κ2) is 13.1. The van der Waals surface area contributed by atoms with Gasteiger partial charge in [-0.3, -0.25) is 0 Å². The Kier molecular flexibility index (Phi) is 7.92. The maximum absolute atomic E-state index is 2.43. The van der Waals surface area contributed by atoms with Gasteiger partial charge in [0, 0.05) is 17.1 Å². The molecule has 1 aliphatic rings. The van der Waals surface area contributed by atoms with Gasteiger partial charge in [-0.2, -0.15) is 0 Å². The zero-order chi connectivity index (χ0) is 37.1. The Morgan fingerprint density at radius 2 is 1.02 bits per heavy atom. The number of hydrogen-bond acceptors (Lipinski definition) is 1. The van der Waals surface area contributed by atoms with Crippen molar-refractivity contribution in [2.24, 2.45) is 0 Å². The molecule has 0 fully saturated rings. The largest absolute Gasteiger partial charge is 0.310 e. The fraction of sp³-hybridized carbons (Fsp3) is 0.111. The lowest BCUT2D eigenvalue weighted by molar-refractivity contribution is 0.590. The van der Waals surface area contributed by atoms with E-state index in [1.807, 2.05) is 0 Å². The molecule has 1 aliphatic carbocycles. The smallest absolute Gasteiger partial charge is 0.0468 e. The molecular weight excluding hydrogens is 663 g/mol. The topological polar surface area (TPSA) is 3.24 Å². The minimum atomic E-state index is 0.0996. The Balaban J connectivity index is 1.11. The molecule has 0 unspecified atom stereocenters. The molecule has 0 radical (unpaired) electrons. The van der Waals surface area contributed by atoms with Crippen molar-refractivity contribution in [1.82, 2.24) is 0 Å². The van der Waals surface area contributed by atoms with Gasteiger partial charge < -0.3 is 4.90 Å². The third-order valence-corrected chi connectivity index (χ3v) is 11.6. The van der Waals surface area contributed by atoms with Gasteiger partial charge in [0.05, 0.1) is 0 Å². The maximum Gasteiger partial charge on any atom is 0.0468 e. The molecule has 0 spiro atoms. The van der Waals surface area contributed by atoms with Crippen LogP contribution in [0.15, 0.2) is 176 Å². The molecule has 0 N–H and O–H groups in total. The monoisotopic (exact) mass is 705 g/mol. The van der Waals surface area contributed by atoms with Crippen molar-refractivity contribution < 1.29 is 0 Å². The highest BCUT2D eigenvalue weighted by Gasteiger charge is 2.19. The van der Waals surface area contributed by atoms with Crippen LogP contribution in [0.1, 0.15) is 43.9 Å². The van der Waals surface area contributed by atoms with Crippen molar-refractivity contribution in [3.8, 4) is 22.3 Å². The van der Waals surface area contributed by atoms with Crippen LogP contribution in [0.3, 0.4) is 0 Å². The fourth-order valence-corrected chi connectivity index (χ4v) is 8.73. The first-order chi connectivity index (χ1) is 26.9. The second-order valence-corrected chi connectivity index (χ2v) is 16.1. The Bertz CT molecular complexity index is 2940. The first-order valence-electron chi connectivity index (χ1n) is 19.6. The number of hydrogen-bond donors (Lipinski definition) is 0. The van der Waals surface area contributed by atoms with Gasteiger partial charge >= 0.3 is 0 Å². The Morgan fingerprint density at radius 3 is 1.71 bits per heavy atom. The number of fused-ring (bicyclic) bond motifs is 7. The molecule has 0 aromatic heterocycles. The number of para-hydroxylation sites is 1. The molecule has 0 saturated carbocycles. The molecule has 0 atom stereocenters. The highest BCUT2D eigenvalue weighted by molar-refractivity contribution is 6.26. The molecule has 0 saturated heterocycles. The standard InChI is InChI=1S/C54H43N/c1-54(2,3)43-26-29-45(30-27-43)55(44-15-5-4-6-16-44)46-28-25-38-32-41(24-22-39(38)33-46)52-35-42-34-51(40-23-21-36-13-7-8-14-37(36)31-40)47-17-9-11-19-49(47)53(42)50-20-12-10-18-48(50)52/h4-6,8-12,14-35H,7,13H2,1-3H3. The van der Waals surface area contributed by atoms with Crippen LogP contribution >= 0.6 is 0 Å². The molecular formula is C54H43N. The van der Waals surface area contributed by atoms with Crippen LogP contribution in [0.4, 0.5) is 17.1 Å². The molecule has 0 bridgehead atoms. The molecule has 9 aromatic carbocycles. The van der Waals surface area contributed by atoms with Gasteiger partial charge in [-0.1, -0.05) is 142 Å². The predicted molar refractivity (Wildman–Crippen MR) is 238 cm³/mol. The number of allylic oxidation sites excluding steroid dienone is 1. The minimum Gasteiger partial charge on any atom is -0.310 e. The fourth-order valence-electron chi connectivity index (χ4n) is 8.73. The Morgan fingerprint density at radius 1 is 0.455 bits per heavy atom. The van der Waals surface area contributed by atoms with Crippen LogP contribution in [0.2, 0.25) is 0 Å². The number of nitrogens with zero attached hydrogens (tertiary/aromatic N) is 1. The average Bonchev–Trinajstić information content (AvgIpc) is 3.23. The summed E-state index contributed by atoms with van der Waals surface area (Å²) in [6.07, 6.45) is 6.83. The minimum absolute atomic E-state index is 0.0996. The maximum atomic E-state index is 2.43. The van der Waals surface area contributed by atoms with Crippen molar-refractivity contribution in [3.63, 3.8) is 0 Å². The van der Waals surface area contributed by atoms with Gasteiger partial charge in [-0.25, -0.2) is 0 Å². The molecule has 0 amide bonds. The summed E-state index contributed by atoms with van der Waals surface area (Å²) in [4.78, 5) is 2.36. The Hall–Kier alpha value is -6.44. The quantitative estimate of drug-likeness (QED) is 0.161. The normalized spacial score (nSPS) is 12.8. The van der Waals surface area contributed by atoms with Gasteiger partial charge in [0.25, 0.3) is 0 Å². The van der Waals surface area contributed by atoms with E-state index in [2.05, 4.69) is 208 Å². The van der Waals surface area contributed by atoms with E-state index < -0.39 is 0 Å². The van der Waals surface area contributed by atoms with E-state index in [0.29, 0.717) is 0 Å². The third kappa shape index (κ3) is 5.88. The summed E-state index contributed by atoms with van der Waals surface area (Å²) in [5.41, 5.74) is 12.7. The summed E-state index contributed by atoms with van der Waals surface area (Å²) in [6.45, 7) is 6.80. The van der Waals surface area contributed by atoms with Gasteiger partial charge in [-0.05, 0) is 161 Å². The number of aryl methyl sites for hydroxylation is 1. The van der Waals surface area contributed by atoms with E-state index in [9.17, 15) is 0 Å². The van der Waals surface area contributed by atoms with Crippen LogP contribution in [0.25, 0.3) is 71.4 Å². The predicted octanol–water partition coefficient (Wildman–Crippen LogP) is 15.4. The molecule has 0 heterocycles. The first kappa shape index (κ1) is 33.2. The molecule has 1 heteroatoms. The van der Waals surface area contributed by atoms with Crippen molar-refractivity contribution >= 4 is 66.2 Å². The van der Waals surface area contributed by atoms with Crippen LogP contribution in [-0.4, -0.2) is 0 Å². The summed E-state index contributed by atoms with van der Waals surface area (Å²) < 4.78 is 0. The summed E-state index contributed by atoms with van der Waals surface area (Å²) in [5.74, 6) is 0. The van der Waals surface area contributed by atoms with E-state index in [1.165, 1.54) is 82.0 Å².